The standard InChI is InChI=1S/C13H20N2OS/c1-9-8-17-13(15-9)12-10(3-2-6-16-12)7-14-11-4-5-11/h8,10-12,14H,2-7H2,1H3. The largest absolute Gasteiger partial charge is 0.371 e. The molecule has 4 heteroatoms. The van der Waals surface area contributed by atoms with Crippen molar-refractivity contribution in [1.29, 1.82) is 0 Å². The van der Waals surface area contributed by atoms with Crippen molar-refractivity contribution in [1.82, 2.24) is 10.3 Å². The molecule has 1 aliphatic carbocycles. The van der Waals surface area contributed by atoms with Gasteiger partial charge in [0.1, 0.15) is 11.1 Å². The molecule has 1 aromatic rings. The Labute approximate surface area is 107 Å². The Morgan fingerprint density at radius 1 is 1.47 bits per heavy atom. The van der Waals surface area contributed by atoms with Crippen LogP contribution in [-0.2, 0) is 4.74 Å². The van der Waals surface area contributed by atoms with Gasteiger partial charge in [0.15, 0.2) is 0 Å². The third-order valence-electron chi connectivity index (χ3n) is 3.57. The number of aryl methyl sites for hydroxylation is 1. The summed E-state index contributed by atoms with van der Waals surface area (Å²) in [5, 5.41) is 6.92. The van der Waals surface area contributed by atoms with Gasteiger partial charge in [-0.1, -0.05) is 0 Å². The van der Waals surface area contributed by atoms with E-state index in [0.717, 1.165) is 24.9 Å². The summed E-state index contributed by atoms with van der Waals surface area (Å²) in [7, 11) is 0. The highest BCUT2D eigenvalue weighted by molar-refractivity contribution is 7.09. The van der Waals surface area contributed by atoms with Gasteiger partial charge in [0, 0.05) is 36.2 Å². The second-order valence-corrected chi connectivity index (χ2v) is 6.09. The van der Waals surface area contributed by atoms with Crippen molar-refractivity contribution in [3.8, 4) is 0 Å². The smallest absolute Gasteiger partial charge is 0.122 e. The minimum absolute atomic E-state index is 0.230. The van der Waals surface area contributed by atoms with Crippen LogP contribution in [0.1, 0.15) is 42.5 Å². The van der Waals surface area contributed by atoms with Crippen LogP contribution >= 0.6 is 11.3 Å². The molecule has 0 bridgehead atoms. The summed E-state index contributed by atoms with van der Waals surface area (Å²) >= 11 is 1.75. The van der Waals surface area contributed by atoms with Gasteiger partial charge in [-0.05, 0) is 32.6 Å². The lowest BCUT2D eigenvalue weighted by atomic mass is 9.94. The van der Waals surface area contributed by atoms with Gasteiger partial charge in [-0.15, -0.1) is 11.3 Å². The number of nitrogens with one attached hydrogen (secondary N) is 1. The van der Waals surface area contributed by atoms with Crippen LogP contribution in [0.25, 0.3) is 0 Å². The molecule has 2 unspecified atom stereocenters. The lowest BCUT2D eigenvalue weighted by Gasteiger charge is -2.30. The van der Waals surface area contributed by atoms with Gasteiger partial charge in [0.2, 0.25) is 0 Å². The summed E-state index contributed by atoms with van der Waals surface area (Å²) in [4.78, 5) is 4.59. The molecule has 17 heavy (non-hydrogen) atoms. The van der Waals surface area contributed by atoms with Crippen molar-refractivity contribution < 1.29 is 4.74 Å². The Kier molecular flexibility index (Phi) is 3.45. The molecule has 1 N–H and O–H groups in total. The number of rotatable bonds is 4. The fourth-order valence-corrected chi connectivity index (χ4v) is 3.37. The highest BCUT2D eigenvalue weighted by Gasteiger charge is 2.31. The van der Waals surface area contributed by atoms with E-state index in [1.165, 1.54) is 30.7 Å². The van der Waals surface area contributed by atoms with Crippen LogP contribution in [0.2, 0.25) is 0 Å². The number of hydrogen-bond donors (Lipinski definition) is 1. The molecule has 0 amide bonds. The molecule has 1 saturated carbocycles. The van der Waals surface area contributed by atoms with Crippen LogP contribution in [0.3, 0.4) is 0 Å². The SMILES string of the molecule is Cc1csc(C2OCCCC2CNC2CC2)n1. The minimum atomic E-state index is 0.230. The lowest BCUT2D eigenvalue weighted by Crippen LogP contribution is -2.32. The number of nitrogens with zero attached hydrogens (tertiary/aromatic N) is 1. The first-order valence-electron chi connectivity index (χ1n) is 6.60. The first kappa shape index (κ1) is 11.6. The van der Waals surface area contributed by atoms with Crippen molar-refractivity contribution in [3.63, 3.8) is 0 Å². The summed E-state index contributed by atoms with van der Waals surface area (Å²) in [6, 6.07) is 0.788. The zero-order chi connectivity index (χ0) is 11.7. The van der Waals surface area contributed by atoms with Crippen LogP contribution in [0, 0.1) is 12.8 Å². The zero-order valence-electron chi connectivity index (χ0n) is 10.3. The minimum Gasteiger partial charge on any atom is -0.371 e. The van der Waals surface area contributed by atoms with Crippen LogP contribution in [0.4, 0.5) is 0 Å². The summed E-state index contributed by atoms with van der Waals surface area (Å²) in [5.41, 5.74) is 1.12. The molecule has 94 valence electrons. The molecule has 1 saturated heterocycles. The van der Waals surface area contributed by atoms with Crippen molar-refractivity contribution in [2.75, 3.05) is 13.2 Å². The van der Waals surface area contributed by atoms with Crippen LogP contribution in [-0.4, -0.2) is 24.2 Å². The van der Waals surface area contributed by atoms with E-state index in [1.807, 2.05) is 0 Å². The van der Waals surface area contributed by atoms with E-state index in [4.69, 9.17) is 4.74 Å². The van der Waals surface area contributed by atoms with E-state index in [1.54, 1.807) is 11.3 Å². The molecule has 2 atom stereocenters. The lowest BCUT2D eigenvalue weighted by molar-refractivity contribution is -0.0280. The Hall–Kier alpha value is -0.450. The van der Waals surface area contributed by atoms with E-state index in [2.05, 4.69) is 22.6 Å². The molecule has 0 radical (unpaired) electrons. The number of thiazole rings is 1. The molecule has 0 spiro atoms. The summed E-state index contributed by atoms with van der Waals surface area (Å²) in [6.07, 6.45) is 5.40. The quantitative estimate of drug-likeness (QED) is 0.894. The highest BCUT2D eigenvalue weighted by Crippen LogP contribution is 2.35. The first-order valence-corrected chi connectivity index (χ1v) is 7.48. The molecule has 1 aliphatic heterocycles. The second kappa shape index (κ2) is 5.04. The molecule has 2 aliphatic rings. The van der Waals surface area contributed by atoms with E-state index in [9.17, 15) is 0 Å². The fourth-order valence-electron chi connectivity index (χ4n) is 2.43. The maximum Gasteiger partial charge on any atom is 0.122 e. The average molecular weight is 252 g/mol. The van der Waals surface area contributed by atoms with Crippen LogP contribution < -0.4 is 5.32 Å². The van der Waals surface area contributed by atoms with E-state index in [0.29, 0.717) is 5.92 Å². The Morgan fingerprint density at radius 3 is 3.06 bits per heavy atom. The monoisotopic (exact) mass is 252 g/mol. The van der Waals surface area contributed by atoms with Gasteiger partial charge in [0.25, 0.3) is 0 Å². The zero-order valence-corrected chi connectivity index (χ0v) is 11.1. The molecule has 0 aromatic carbocycles. The van der Waals surface area contributed by atoms with Gasteiger partial charge in [-0.25, -0.2) is 4.98 Å². The molecular weight excluding hydrogens is 232 g/mol. The van der Waals surface area contributed by atoms with Crippen molar-refractivity contribution in [3.05, 3.63) is 16.1 Å². The highest BCUT2D eigenvalue weighted by atomic mass is 32.1. The number of aromatic nitrogens is 1. The Morgan fingerprint density at radius 2 is 2.35 bits per heavy atom. The van der Waals surface area contributed by atoms with Gasteiger partial charge in [-0.3, -0.25) is 0 Å². The molecule has 3 nitrogen and oxygen atoms in total. The number of hydrogen-bond acceptors (Lipinski definition) is 4. The third kappa shape index (κ3) is 2.87. The number of ether oxygens (including phenoxy) is 1. The maximum atomic E-state index is 5.95. The normalized spacial score (nSPS) is 29.5. The molecule has 2 heterocycles. The van der Waals surface area contributed by atoms with E-state index in [-0.39, 0.29) is 6.10 Å². The predicted octanol–water partition coefficient (Wildman–Crippen LogP) is 2.67. The predicted molar refractivity (Wildman–Crippen MR) is 69.3 cm³/mol. The van der Waals surface area contributed by atoms with Crippen LogP contribution in [0.15, 0.2) is 5.38 Å². The summed E-state index contributed by atoms with van der Waals surface area (Å²) in [5.74, 6) is 0.606. The molecular formula is C13H20N2OS. The topological polar surface area (TPSA) is 34.1 Å². The summed E-state index contributed by atoms with van der Waals surface area (Å²) < 4.78 is 5.95. The fraction of sp³-hybridized carbons (Fsp3) is 0.769. The van der Waals surface area contributed by atoms with E-state index < -0.39 is 0 Å². The molecule has 1 aromatic heterocycles. The Bertz CT molecular complexity index is 375. The second-order valence-electron chi connectivity index (χ2n) is 5.20. The van der Waals surface area contributed by atoms with Crippen molar-refractivity contribution in [2.45, 2.75) is 44.8 Å². The van der Waals surface area contributed by atoms with Gasteiger partial charge in [-0.2, -0.15) is 0 Å². The van der Waals surface area contributed by atoms with Crippen molar-refractivity contribution in [2.24, 2.45) is 5.92 Å². The third-order valence-corrected chi connectivity index (χ3v) is 4.60. The van der Waals surface area contributed by atoms with Gasteiger partial charge >= 0.3 is 0 Å². The average Bonchev–Trinajstić information content (AvgIpc) is 3.08. The van der Waals surface area contributed by atoms with Crippen LogP contribution in [0.5, 0.6) is 0 Å². The van der Waals surface area contributed by atoms with E-state index >= 15 is 0 Å². The maximum absolute atomic E-state index is 5.95. The van der Waals surface area contributed by atoms with Gasteiger partial charge < -0.3 is 10.1 Å². The van der Waals surface area contributed by atoms with Crippen molar-refractivity contribution >= 4 is 11.3 Å². The molecule has 3 rings (SSSR count). The Balaban J connectivity index is 1.65. The summed E-state index contributed by atoms with van der Waals surface area (Å²) in [6.45, 7) is 4.04. The molecule has 2 fully saturated rings. The first-order chi connectivity index (χ1) is 8.33. The van der Waals surface area contributed by atoms with Gasteiger partial charge in [0.05, 0.1) is 0 Å².